The fourth-order valence-corrected chi connectivity index (χ4v) is 2.55. The van der Waals surface area contributed by atoms with Gasteiger partial charge in [0.2, 0.25) is 10.0 Å². The average Bonchev–Trinajstić information content (AvgIpc) is 2.27. The number of nitrogens with one attached hydrogen (secondary N) is 1. The summed E-state index contributed by atoms with van der Waals surface area (Å²) in [7, 11) is -1.38. The number of hydrogen-bond acceptors (Lipinski definition) is 4. The van der Waals surface area contributed by atoms with Gasteiger partial charge in [-0.25, -0.2) is 13.1 Å². The molecule has 0 aromatic heterocycles. The van der Waals surface area contributed by atoms with E-state index in [9.17, 15) is 8.42 Å². The molecule has 0 aliphatic carbocycles. The molecule has 1 atom stereocenters. The predicted octanol–water partition coefficient (Wildman–Crippen LogP) is 0.160. The first-order valence-corrected chi connectivity index (χ1v) is 7.07. The van der Waals surface area contributed by atoms with Gasteiger partial charge in [-0.3, -0.25) is 0 Å². The van der Waals surface area contributed by atoms with Gasteiger partial charge in [0.15, 0.2) is 5.25 Å². The molecule has 1 rings (SSSR count). The summed E-state index contributed by atoms with van der Waals surface area (Å²) in [6.45, 7) is 3.89. The molecule has 0 aromatic carbocycles. The molecule has 16 heavy (non-hydrogen) atoms. The van der Waals surface area contributed by atoms with Crippen molar-refractivity contribution in [3.63, 3.8) is 0 Å². The van der Waals surface area contributed by atoms with Crippen molar-refractivity contribution in [2.75, 3.05) is 26.7 Å². The highest BCUT2D eigenvalue weighted by Crippen LogP contribution is 2.15. The molecule has 0 amide bonds. The summed E-state index contributed by atoms with van der Waals surface area (Å²) in [6.07, 6.45) is 2.03. The highest BCUT2D eigenvalue weighted by atomic mass is 32.2. The maximum atomic E-state index is 11.5. The van der Waals surface area contributed by atoms with E-state index in [0.29, 0.717) is 12.5 Å². The molecular weight excluding hydrogens is 226 g/mol. The van der Waals surface area contributed by atoms with Crippen LogP contribution in [0.2, 0.25) is 0 Å². The fourth-order valence-electron chi connectivity index (χ4n) is 1.69. The largest absolute Gasteiger partial charge is 0.306 e. The van der Waals surface area contributed by atoms with E-state index in [1.807, 2.05) is 0 Å². The summed E-state index contributed by atoms with van der Waals surface area (Å²) in [4.78, 5) is 2.24. The molecule has 1 aliphatic heterocycles. The van der Waals surface area contributed by atoms with Gasteiger partial charge in [0.1, 0.15) is 0 Å². The van der Waals surface area contributed by atoms with Crippen LogP contribution >= 0.6 is 0 Å². The Kier molecular flexibility index (Phi) is 4.71. The Labute approximate surface area is 97.5 Å². The van der Waals surface area contributed by atoms with Gasteiger partial charge in [0.25, 0.3) is 0 Å². The lowest BCUT2D eigenvalue weighted by molar-refractivity contribution is 0.220. The Bertz CT molecular complexity index is 353. The van der Waals surface area contributed by atoms with E-state index in [-0.39, 0.29) is 0 Å². The van der Waals surface area contributed by atoms with Crippen molar-refractivity contribution in [2.24, 2.45) is 5.92 Å². The number of likely N-dealkylation sites (tertiary alicyclic amines) is 1. The standard InChI is InChI=1S/C10H19N3O2S/c1-9(7-11)16(14,15)12-8-10-3-5-13(2)6-4-10/h9-10,12H,3-6,8H2,1-2H3. The third-order valence-corrected chi connectivity index (χ3v) is 4.66. The van der Waals surface area contributed by atoms with Gasteiger partial charge in [-0.1, -0.05) is 0 Å². The van der Waals surface area contributed by atoms with Crippen LogP contribution in [0.1, 0.15) is 19.8 Å². The molecule has 0 radical (unpaired) electrons. The second-order valence-electron chi connectivity index (χ2n) is 4.41. The molecule has 6 heteroatoms. The minimum Gasteiger partial charge on any atom is -0.306 e. The van der Waals surface area contributed by atoms with Crippen molar-refractivity contribution in [1.82, 2.24) is 9.62 Å². The Hall–Kier alpha value is -0.640. The topological polar surface area (TPSA) is 73.2 Å². The molecule has 1 N–H and O–H groups in total. The van der Waals surface area contributed by atoms with Crippen molar-refractivity contribution >= 4 is 10.0 Å². The normalized spacial score (nSPS) is 21.6. The molecule has 0 bridgehead atoms. The Morgan fingerprint density at radius 3 is 2.56 bits per heavy atom. The zero-order valence-electron chi connectivity index (χ0n) is 9.81. The second kappa shape index (κ2) is 5.62. The molecule has 1 heterocycles. The lowest BCUT2D eigenvalue weighted by atomic mass is 9.98. The first-order valence-electron chi connectivity index (χ1n) is 5.52. The molecule has 92 valence electrons. The quantitative estimate of drug-likeness (QED) is 0.765. The number of sulfonamides is 1. The van der Waals surface area contributed by atoms with Crippen molar-refractivity contribution in [1.29, 1.82) is 5.26 Å². The van der Waals surface area contributed by atoms with Crippen molar-refractivity contribution in [2.45, 2.75) is 25.0 Å². The lowest BCUT2D eigenvalue weighted by Crippen LogP contribution is -2.39. The van der Waals surface area contributed by atoms with Gasteiger partial charge < -0.3 is 4.90 Å². The molecular formula is C10H19N3O2S. The van der Waals surface area contributed by atoms with Crippen LogP contribution in [0.5, 0.6) is 0 Å². The Morgan fingerprint density at radius 2 is 2.06 bits per heavy atom. The molecule has 1 unspecified atom stereocenters. The van der Waals surface area contributed by atoms with Crippen LogP contribution in [0, 0.1) is 17.2 Å². The van der Waals surface area contributed by atoms with Gasteiger partial charge in [-0.2, -0.15) is 5.26 Å². The molecule has 0 spiro atoms. The summed E-state index contributed by atoms with van der Waals surface area (Å²) in [5.74, 6) is 0.400. The van der Waals surface area contributed by atoms with Crippen LogP contribution in [0.25, 0.3) is 0 Å². The maximum Gasteiger partial charge on any atom is 0.227 e. The van der Waals surface area contributed by atoms with Crippen LogP contribution < -0.4 is 4.72 Å². The van der Waals surface area contributed by atoms with Crippen molar-refractivity contribution in [3.05, 3.63) is 0 Å². The SMILES string of the molecule is CC(C#N)S(=O)(=O)NCC1CCN(C)CC1. The van der Waals surface area contributed by atoms with E-state index in [1.54, 1.807) is 6.07 Å². The zero-order valence-corrected chi connectivity index (χ0v) is 10.6. The minimum absolute atomic E-state index is 0.400. The van der Waals surface area contributed by atoms with Gasteiger partial charge >= 0.3 is 0 Å². The Morgan fingerprint density at radius 1 is 1.50 bits per heavy atom. The number of hydrogen-bond donors (Lipinski definition) is 1. The van der Waals surface area contributed by atoms with Crippen LogP contribution in [0.3, 0.4) is 0 Å². The van der Waals surface area contributed by atoms with E-state index >= 15 is 0 Å². The van der Waals surface area contributed by atoms with Gasteiger partial charge in [0, 0.05) is 6.54 Å². The molecule has 0 saturated carbocycles. The minimum atomic E-state index is -3.45. The summed E-state index contributed by atoms with van der Waals surface area (Å²) >= 11 is 0. The second-order valence-corrected chi connectivity index (χ2v) is 6.50. The number of rotatable bonds is 4. The smallest absolute Gasteiger partial charge is 0.227 e. The zero-order chi connectivity index (χ0) is 12.2. The summed E-state index contributed by atoms with van der Waals surface area (Å²) in [6, 6.07) is 1.74. The van der Waals surface area contributed by atoms with Gasteiger partial charge in [-0.15, -0.1) is 0 Å². The predicted molar refractivity (Wildman–Crippen MR) is 62.2 cm³/mol. The van der Waals surface area contributed by atoms with Gasteiger partial charge in [-0.05, 0) is 45.8 Å². The van der Waals surface area contributed by atoms with Gasteiger partial charge in [0.05, 0.1) is 6.07 Å². The van der Waals surface area contributed by atoms with Crippen LogP contribution in [-0.2, 0) is 10.0 Å². The average molecular weight is 245 g/mol. The highest BCUT2D eigenvalue weighted by Gasteiger charge is 2.23. The first kappa shape index (κ1) is 13.4. The van der Waals surface area contributed by atoms with Crippen molar-refractivity contribution < 1.29 is 8.42 Å². The maximum absolute atomic E-state index is 11.5. The van der Waals surface area contributed by atoms with E-state index in [4.69, 9.17) is 5.26 Å². The molecule has 0 aromatic rings. The fraction of sp³-hybridized carbons (Fsp3) is 0.900. The van der Waals surface area contributed by atoms with Crippen LogP contribution in [0.4, 0.5) is 0 Å². The molecule has 1 fully saturated rings. The molecule has 1 aliphatic rings. The van der Waals surface area contributed by atoms with Crippen LogP contribution in [0.15, 0.2) is 0 Å². The van der Waals surface area contributed by atoms with E-state index in [0.717, 1.165) is 25.9 Å². The number of piperidine rings is 1. The Balaban J connectivity index is 2.38. The lowest BCUT2D eigenvalue weighted by Gasteiger charge is -2.28. The number of nitriles is 1. The third-order valence-electron chi connectivity index (χ3n) is 3.06. The van der Waals surface area contributed by atoms with E-state index < -0.39 is 15.3 Å². The third kappa shape index (κ3) is 3.74. The molecule has 1 saturated heterocycles. The summed E-state index contributed by atoms with van der Waals surface area (Å²) in [5, 5.41) is 7.59. The molecule has 5 nitrogen and oxygen atoms in total. The van der Waals surface area contributed by atoms with Crippen LogP contribution in [-0.4, -0.2) is 45.2 Å². The summed E-state index contributed by atoms with van der Waals surface area (Å²) < 4.78 is 25.6. The van der Waals surface area contributed by atoms with Crippen molar-refractivity contribution in [3.8, 4) is 6.07 Å². The highest BCUT2D eigenvalue weighted by molar-refractivity contribution is 7.90. The van der Waals surface area contributed by atoms with E-state index in [1.165, 1.54) is 6.92 Å². The summed E-state index contributed by atoms with van der Waals surface area (Å²) in [5.41, 5.74) is 0. The first-order chi connectivity index (χ1) is 7.45. The monoisotopic (exact) mass is 245 g/mol. The number of nitrogens with zero attached hydrogens (tertiary/aromatic N) is 2. The van der Waals surface area contributed by atoms with E-state index in [2.05, 4.69) is 16.7 Å².